The third-order valence-electron chi connectivity index (χ3n) is 2.88. The molecule has 3 N–H and O–H groups in total. The highest BCUT2D eigenvalue weighted by Crippen LogP contribution is 2.30. The number of carboxylic acids is 1. The summed E-state index contributed by atoms with van der Waals surface area (Å²) in [6.07, 6.45) is 1.58. The van der Waals surface area contributed by atoms with Crippen LogP contribution in [-0.4, -0.2) is 45.3 Å². The molecule has 2 aromatic rings. The first-order valence-corrected chi connectivity index (χ1v) is 6.10. The van der Waals surface area contributed by atoms with E-state index in [0.717, 1.165) is 0 Å². The molecule has 0 atom stereocenters. The summed E-state index contributed by atoms with van der Waals surface area (Å²) in [5.41, 5.74) is -0.146. The first-order chi connectivity index (χ1) is 10.5. The molecule has 0 radical (unpaired) electrons. The number of carboxylic acid groups (broad SMARTS) is 1. The molecule has 0 saturated heterocycles. The second-order valence-electron chi connectivity index (χ2n) is 4.31. The van der Waals surface area contributed by atoms with Gasteiger partial charge in [-0.15, -0.1) is 0 Å². The van der Waals surface area contributed by atoms with E-state index in [0.29, 0.717) is 5.52 Å². The number of hydrogen-bond donors (Lipinski definition) is 3. The third-order valence-corrected chi connectivity index (χ3v) is 2.88. The monoisotopic (exact) mass is 304 g/mol. The van der Waals surface area contributed by atoms with Gasteiger partial charge in [-0.1, -0.05) is 0 Å². The summed E-state index contributed by atoms with van der Waals surface area (Å²) in [6, 6.07) is 3.36. The number of aliphatic carboxylic acids is 1. The van der Waals surface area contributed by atoms with E-state index in [1.807, 2.05) is 6.07 Å². The Labute approximate surface area is 124 Å². The van der Waals surface area contributed by atoms with Gasteiger partial charge in [0.25, 0.3) is 5.91 Å². The standard InChI is InChI=1S/C13H12N4O5/c1-22-6-17-3-2-7-11(17)8(4-14)16-10(12(7)20)13(21)15-5-9(18)19/h2-3,20H,5-6H2,1H3,(H,15,21)(H,18,19). The molecule has 0 bridgehead atoms. The van der Waals surface area contributed by atoms with Gasteiger partial charge in [0.1, 0.15) is 19.3 Å². The highest BCUT2D eigenvalue weighted by molar-refractivity contribution is 6.03. The van der Waals surface area contributed by atoms with E-state index in [9.17, 15) is 20.0 Å². The number of methoxy groups -OCH3 is 1. The molecular formula is C13H12N4O5. The van der Waals surface area contributed by atoms with Crippen LogP contribution in [0.2, 0.25) is 0 Å². The number of nitriles is 1. The zero-order valence-corrected chi connectivity index (χ0v) is 11.5. The van der Waals surface area contributed by atoms with Crippen molar-refractivity contribution in [2.75, 3.05) is 13.7 Å². The zero-order valence-electron chi connectivity index (χ0n) is 11.5. The van der Waals surface area contributed by atoms with E-state index >= 15 is 0 Å². The van der Waals surface area contributed by atoms with Gasteiger partial charge in [0, 0.05) is 18.7 Å². The highest BCUT2D eigenvalue weighted by atomic mass is 16.5. The Morgan fingerprint density at radius 3 is 2.86 bits per heavy atom. The molecule has 2 heterocycles. The molecule has 2 aromatic heterocycles. The number of carbonyl (C=O) groups excluding carboxylic acids is 1. The van der Waals surface area contributed by atoms with Crippen molar-refractivity contribution >= 4 is 22.8 Å². The fraction of sp³-hybridized carbons (Fsp3) is 0.231. The SMILES string of the molecule is COCn1ccc2c(O)c(C(=O)NCC(=O)O)nc(C#N)c21. The van der Waals surface area contributed by atoms with E-state index in [2.05, 4.69) is 10.3 Å². The van der Waals surface area contributed by atoms with Crippen LogP contribution in [0.25, 0.3) is 10.9 Å². The highest BCUT2D eigenvalue weighted by Gasteiger charge is 2.21. The van der Waals surface area contributed by atoms with Crippen molar-refractivity contribution in [3.05, 3.63) is 23.7 Å². The van der Waals surface area contributed by atoms with Crippen LogP contribution >= 0.6 is 0 Å². The van der Waals surface area contributed by atoms with Gasteiger partial charge in [-0.3, -0.25) is 9.59 Å². The molecule has 0 aliphatic heterocycles. The van der Waals surface area contributed by atoms with E-state index in [4.69, 9.17) is 9.84 Å². The van der Waals surface area contributed by atoms with Crippen LogP contribution in [0.5, 0.6) is 5.75 Å². The van der Waals surface area contributed by atoms with Crippen LogP contribution in [0, 0.1) is 11.3 Å². The molecule has 0 fully saturated rings. The zero-order chi connectivity index (χ0) is 16.3. The number of aromatic nitrogens is 2. The summed E-state index contributed by atoms with van der Waals surface area (Å²) in [5, 5.41) is 30.2. The van der Waals surface area contributed by atoms with Gasteiger partial charge in [0.15, 0.2) is 17.1 Å². The normalized spacial score (nSPS) is 10.4. The second kappa shape index (κ2) is 6.11. The number of aromatic hydroxyl groups is 1. The van der Waals surface area contributed by atoms with E-state index in [-0.39, 0.29) is 17.8 Å². The molecule has 0 saturated carbocycles. The number of carbonyl (C=O) groups is 2. The molecule has 0 unspecified atom stereocenters. The molecule has 22 heavy (non-hydrogen) atoms. The smallest absolute Gasteiger partial charge is 0.322 e. The number of hydrogen-bond acceptors (Lipinski definition) is 6. The third kappa shape index (κ3) is 2.68. The molecule has 9 nitrogen and oxygen atoms in total. The van der Waals surface area contributed by atoms with Crippen LogP contribution in [0.4, 0.5) is 0 Å². The fourth-order valence-electron chi connectivity index (χ4n) is 2.00. The quantitative estimate of drug-likeness (QED) is 0.708. The van der Waals surface area contributed by atoms with Crippen molar-refractivity contribution < 1.29 is 24.5 Å². The molecule has 0 aromatic carbocycles. The van der Waals surface area contributed by atoms with Crippen molar-refractivity contribution in [2.24, 2.45) is 0 Å². The molecule has 0 aliphatic carbocycles. The van der Waals surface area contributed by atoms with Gasteiger partial charge in [0.2, 0.25) is 0 Å². The predicted octanol–water partition coefficient (Wildman–Crippen LogP) is 0.0319. The van der Waals surface area contributed by atoms with Crippen LogP contribution in [0.15, 0.2) is 12.3 Å². The first kappa shape index (κ1) is 15.3. The lowest BCUT2D eigenvalue weighted by molar-refractivity contribution is -0.135. The Bertz CT molecular complexity index is 790. The topological polar surface area (TPSA) is 137 Å². The average Bonchev–Trinajstić information content (AvgIpc) is 2.90. The van der Waals surface area contributed by atoms with Crippen LogP contribution in [0.3, 0.4) is 0 Å². The summed E-state index contributed by atoms with van der Waals surface area (Å²) in [7, 11) is 1.47. The number of ether oxygens (including phenoxy) is 1. The van der Waals surface area contributed by atoms with Crippen LogP contribution in [0.1, 0.15) is 16.2 Å². The Hall–Kier alpha value is -3.12. The molecule has 0 aliphatic rings. The minimum atomic E-state index is -1.24. The fourth-order valence-corrected chi connectivity index (χ4v) is 2.00. The maximum absolute atomic E-state index is 11.9. The largest absolute Gasteiger partial charge is 0.505 e. The minimum Gasteiger partial charge on any atom is -0.505 e. The second-order valence-corrected chi connectivity index (χ2v) is 4.31. The van der Waals surface area contributed by atoms with Gasteiger partial charge >= 0.3 is 5.97 Å². The summed E-state index contributed by atoms with van der Waals surface area (Å²) >= 11 is 0. The molecule has 2 rings (SSSR count). The van der Waals surface area contributed by atoms with Crippen molar-refractivity contribution in [3.8, 4) is 11.8 Å². The predicted molar refractivity (Wildman–Crippen MR) is 73.1 cm³/mol. The number of pyridine rings is 1. The number of fused-ring (bicyclic) bond motifs is 1. The lowest BCUT2D eigenvalue weighted by atomic mass is 10.2. The molecule has 1 amide bonds. The van der Waals surface area contributed by atoms with Gasteiger partial charge in [-0.05, 0) is 6.07 Å². The van der Waals surface area contributed by atoms with E-state index in [1.54, 1.807) is 10.8 Å². The molecular weight excluding hydrogens is 292 g/mol. The van der Waals surface area contributed by atoms with Gasteiger partial charge in [-0.2, -0.15) is 5.26 Å². The lowest BCUT2D eigenvalue weighted by Crippen LogP contribution is -2.30. The Kier molecular flexibility index (Phi) is 4.24. The lowest BCUT2D eigenvalue weighted by Gasteiger charge is -2.09. The molecule has 114 valence electrons. The number of nitrogens with one attached hydrogen (secondary N) is 1. The number of nitrogens with zero attached hydrogens (tertiary/aromatic N) is 3. The average molecular weight is 304 g/mol. The summed E-state index contributed by atoms with van der Waals surface area (Å²) in [4.78, 5) is 26.2. The Morgan fingerprint density at radius 1 is 1.55 bits per heavy atom. The molecule has 0 spiro atoms. The van der Waals surface area contributed by atoms with Gasteiger partial charge in [-0.25, -0.2) is 4.98 Å². The van der Waals surface area contributed by atoms with Crippen molar-refractivity contribution in [2.45, 2.75) is 6.73 Å². The molecule has 9 heteroatoms. The van der Waals surface area contributed by atoms with Gasteiger partial charge in [0.05, 0.1) is 5.52 Å². The van der Waals surface area contributed by atoms with Crippen LogP contribution in [-0.2, 0) is 16.3 Å². The number of amides is 1. The summed E-state index contributed by atoms with van der Waals surface area (Å²) < 4.78 is 6.53. The summed E-state index contributed by atoms with van der Waals surface area (Å²) in [5.74, 6) is -2.54. The van der Waals surface area contributed by atoms with Crippen molar-refractivity contribution in [1.29, 1.82) is 5.26 Å². The van der Waals surface area contributed by atoms with Gasteiger partial charge < -0.3 is 24.8 Å². The summed E-state index contributed by atoms with van der Waals surface area (Å²) in [6.45, 7) is -0.478. The Morgan fingerprint density at radius 2 is 2.27 bits per heavy atom. The Balaban J connectivity index is 2.54. The maximum Gasteiger partial charge on any atom is 0.322 e. The number of rotatable bonds is 5. The van der Waals surface area contributed by atoms with Crippen molar-refractivity contribution in [3.63, 3.8) is 0 Å². The van der Waals surface area contributed by atoms with Crippen molar-refractivity contribution in [1.82, 2.24) is 14.9 Å². The first-order valence-electron chi connectivity index (χ1n) is 6.10. The van der Waals surface area contributed by atoms with E-state index < -0.39 is 29.9 Å². The maximum atomic E-state index is 11.9. The van der Waals surface area contributed by atoms with E-state index in [1.165, 1.54) is 13.2 Å². The van der Waals surface area contributed by atoms with Crippen LogP contribution < -0.4 is 5.32 Å². The minimum absolute atomic E-state index is 0.0738.